The average molecular weight is 335 g/mol. The number of carbonyl (C=O) groups excluding carboxylic acids is 2. The van der Waals surface area contributed by atoms with E-state index in [4.69, 9.17) is 4.74 Å². The van der Waals surface area contributed by atoms with Crippen LogP contribution in [0.1, 0.15) is 22.3 Å². The van der Waals surface area contributed by atoms with Crippen molar-refractivity contribution in [3.8, 4) is 6.07 Å². The van der Waals surface area contributed by atoms with Gasteiger partial charge in [-0.05, 0) is 12.1 Å². The van der Waals surface area contributed by atoms with Crippen LogP contribution in [0.5, 0.6) is 0 Å². The molecule has 1 unspecified atom stereocenters. The van der Waals surface area contributed by atoms with E-state index in [2.05, 4.69) is 11.3 Å². The van der Waals surface area contributed by atoms with E-state index in [1.54, 1.807) is 60.7 Å². The van der Waals surface area contributed by atoms with Crippen LogP contribution in [0.2, 0.25) is 0 Å². The molecule has 2 rings (SSSR count). The van der Waals surface area contributed by atoms with Crippen molar-refractivity contribution >= 4 is 11.9 Å². The minimum atomic E-state index is -1.68. The summed E-state index contributed by atoms with van der Waals surface area (Å²) in [6.45, 7) is 3.65. The number of hydrogen-bond acceptors (Lipinski definition) is 5. The zero-order valence-corrected chi connectivity index (χ0v) is 13.8. The van der Waals surface area contributed by atoms with Crippen LogP contribution in [0.15, 0.2) is 72.8 Å². The summed E-state index contributed by atoms with van der Waals surface area (Å²) in [7, 11) is 1.22. The number of hydrogen-bond donors (Lipinski definition) is 0. The van der Waals surface area contributed by atoms with E-state index in [1.807, 2.05) is 6.07 Å². The number of esters is 2. The Morgan fingerprint density at radius 1 is 1.08 bits per heavy atom. The van der Waals surface area contributed by atoms with E-state index < -0.39 is 17.5 Å². The third-order valence-corrected chi connectivity index (χ3v) is 3.63. The van der Waals surface area contributed by atoms with Crippen LogP contribution in [-0.2, 0) is 19.9 Å². The maximum atomic E-state index is 12.5. The second kappa shape index (κ2) is 7.93. The number of nitrogens with zero attached hydrogens (tertiary/aromatic N) is 1. The third-order valence-electron chi connectivity index (χ3n) is 3.63. The standard InChI is InChI=1S/C20H17NO4/c1-15(18(22)24-2)13-20(14-21,17-11-7-4-8-12-17)25-19(23)16-9-5-3-6-10-16/h3-12H,1,13H2,2H3. The van der Waals surface area contributed by atoms with Crippen LogP contribution in [0, 0.1) is 11.3 Å². The zero-order chi connectivity index (χ0) is 18.3. The third kappa shape index (κ3) is 4.12. The van der Waals surface area contributed by atoms with Crippen LogP contribution >= 0.6 is 0 Å². The van der Waals surface area contributed by atoms with Gasteiger partial charge in [-0.1, -0.05) is 55.1 Å². The van der Waals surface area contributed by atoms with Gasteiger partial charge in [0.05, 0.1) is 12.7 Å². The summed E-state index contributed by atoms with van der Waals surface area (Å²) in [5.74, 6) is -1.32. The van der Waals surface area contributed by atoms with Gasteiger partial charge in [0.2, 0.25) is 5.60 Å². The molecule has 0 aliphatic rings. The summed E-state index contributed by atoms with van der Waals surface area (Å²) in [4.78, 5) is 24.2. The van der Waals surface area contributed by atoms with Gasteiger partial charge in [0.1, 0.15) is 6.07 Å². The van der Waals surface area contributed by atoms with Gasteiger partial charge in [0, 0.05) is 17.6 Å². The number of ether oxygens (including phenoxy) is 2. The predicted molar refractivity (Wildman–Crippen MR) is 91.4 cm³/mol. The highest BCUT2D eigenvalue weighted by atomic mass is 16.6. The molecule has 0 radical (unpaired) electrons. The van der Waals surface area contributed by atoms with Crippen molar-refractivity contribution in [2.45, 2.75) is 12.0 Å². The fourth-order valence-corrected chi connectivity index (χ4v) is 2.34. The second-order valence-corrected chi connectivity index (χ2v) is 5.33. The summed E-state index contributed by atoms with van der Waals surface area (Å²) >= 11 is 0. The van der Waals surface area contributed by atoms with Gasteiger partial charge in [-0.15, -0.1) is 0 Å². The molecule has 0 heterocycles. The van der Waals surface area contributed by atoms with Crippen molar-refractivity contribution in [3.63, 3.8) is 0 Å². The molecule has 5 heteroatoms. The molecule has 5 nitrogen and oxygen atoms in total. The highest BCUT2D eigenvalue weighted by molar-refractivity contribution is 5.90. The van der Waals surface area contributed by atoms with E-state index in [9.17, 15) is 14.9 Å². The monoisotopic (exact) mass is 335 g/mol. The van der Waals surface area contributed by atoms with Gasteiger partial charge in [-0.2, -0.15) is 5.26 Å². The van der Waals surface area contributed by atoms with Crippen LogP contribution in [0.3, 0.4) is 0 Å². The lowest BCUT2D eigenvalue weighted by atomic mass is 9.88. The Hall–Kier alpha value is -3.39. The second-order valence-electron chi connectivity index (χ2n) is 5.33. The first-order valence-corrected chi connectivity index (χ1v) is 7.53. The zero-order valence-electron chi connectivity index (χ0n) is 13.8. The molecule has 0 aromatic heterocycles. The van der Waals surface area contributed by atoms with Crippen molar-refractivity contribution < 1.29 is 19.1 Å². The summed E-state index contributed by atoms with van der Waals surface area (Å²) in [6.07, 6.45) is -0.196. The molecule has 2 aromatic carbocycles. The first-order valence-electron chi connectivity index (χ1n) is 7.53. The SMILES string of the molecule is C=C(CC(C#N)(OC(=O)c1ccccc1)c1ccccc1)C(=O)OC. The Morgan fingerprint density at radius 2 is 1.64 bits per heavy atom. The van der Waals surface area contributed by atoms with Crippen molar-refractivity contribution in [3.05, 3.63) is 83.9 Å². The smallest absolute Gasteiger partial charge is 0.340 e. The molecule has 0 fully saturated rings. The summed E-state index contributed by atoms with van der Waals surface area (Å²) < 4.78 is 10.2. The van der Waals surface area contributed by atoms with E-state index >= 15 is 0 Å². The first-order chi connectivity index (χ1) is 12.0. The van der Waals surface area contributed by atoms with Gasteiger partial charge >= 0.3 is 11.9 Å². The molecule has 2 aromatic rings. The van der Waals surface area contributed by atoms with Crippen LogP contribution in [0.25, 0.3) is 0 Å². The number of methoxy groups -OCH3 is 1. The fourth-order valence-electron chi connectivity index (χ4n) is 2.34. The molecule has 0 bridgehead atoms. The maximum absolute atomic E-state index is 12.5. The molecule has 0 spiro atoms. The predicted octanol–water partition coefficient (Wildman–Crippen LogP) is 3.38. The fraction of sp³-hybridized carbons (Fsp3) is 0.150. The van der Waals surface area contributed by atoms with Gasteiger partial charge in [-0.25, -0.2) is 9.59 Å². The van der Waals surface area contributed by atoms with Crippen LogP contribution in [0.4, 0.5) is 0 Å². The van der Waals surface area contributed by atoms with Gasteiger partial charge in [0.25, 0.3) is 0 Å². The van der Waals surface area contributed by atoms with Crippen molar-refractivity contribution in [1.82, 2.24) is 0 Å². The molecule has 0 N–H and O–H groups in total. The Bertz CT molecular complexity index is 809. The largest absolute Gasteiger partial charge is 0.466 e. The Kier molecular flexibility index (Phi) is 5.70. The lowest BCUT2D eigenvalue weighted by Gasteiger charge is -2.27. The van der Waals surface area contributed by atoms with E-state index in [0.717, 1.165) is 0 Å². The topological polar surface area (TPSA) is 76.4 Å². The molecule has 126 valence electrons. The molecule has 0 saturated heterocycles. The number of nitriles is 1. The Balaban J connectivity index is 2.41. The van der Waals surface area contributed by atoms with Crippen molar-refractivity contribution in [1.29, 1.82) is 5.26 Å². The van der Waals surface area contributed by atoms with Crippen LogP contribution < -0.4 is 0 Å². The van der Waals surface area contributed by atoms with Gasteiger partial charge in [-0.3, -0.25) is 0 Å². The molecule has 25 heavy (non-hydrogen) atoms. The molecule has 0 aliphatic heterocycles. The first kappa shape index (κ1) is 18.0. The molecule has 1 atom stereocenters. The number of rotatable bonds is 6. The number of benzene rings is 2. The van der Waals surface area contributed by atoms with E-state index in [-0.39, 0.29) is 12.0 Å². The van der Waals surface area contributed by atoms with E-state index in [0.29, 0.717) is 11.1 Å². The number of carbonyl (C=O) groups is 2. The Labute approximate surface area is 146 Å². The van der Waals surface area contributed by atoms with Gasteiger partial charge in [0.15, 0.2) is 0 Å². The lowest BCUT2D eigenvalue weighted by molar-refractivity contribution is -0.136. The summed E-state index contributed by atoms with van der Waals surface area (Å²) in [5.41, 5.74) is -0.887. The average Bonchev–Trinajstić information content (AvgIpc) is 2.67. The Morgan fingerprint density at radius 3 is 2.16 bits per heavy atom. The molecular weight excluding hydrogens is 318 g/mol. The minimum absolute atomic E-state index is 0.0359. The summed E-state index contributed by atoms with van der Waals surface area (Å²) in [5, 5.41) is 9.81. The van der Waals surface area contributed by atoms with E-state index in [1.165, 1.54) is 7.11 Å². The highest BCUT2D eigenvalue weighted by Gasteiger charge is 2.39. The van der Waals surface area contributed by atoms with Crippen molar-refractivity contribution in [2.75, 3.05) is 7.11 Å². The minimum Gasteiger partial charge on any atom is -0.466 e. The summed E-state index contributed by atoms with van der Waals surface area (Å²) in [6, 6.07) is 18.9. The van der Waals surface area contributed by atoms with Crippen LogP contribution in [-0.4, -0.2) is 19.0 Å². The quantitative estimate of drug-likeness (QED) is 0.597. The van der Waals surface area contributed by atoms with Gasteiger partial charge < -0.3 is 9.47 Å². The normalized spacial score (nSPS) is 12.3. The highest BCUT2D eigenvalue weighted by Crippen LogP contribution is 2.33. The molecule has 0 saturated carbocycles. The molecule has 0 aliphatic carbocycles. The molecular formula is C20H17NO4. The van der Waals surface area contributed by atoms with Crippen molar-refractivity contribution in [2.24, 2.45) is 0 Å². The maximum Gasteiger partial charge on any atom is 0.340 e. The molecule has 0 amide bonds. The lowest BCUT2D eigenvalue weighted by Crippen LogP contribution is -2.32.